The standard InChI is InChI=1S/C20H22F3N3O.CO2/c1-14-9-17(12-24-11-14)26-8-7-19(2,13-26)25-18(27)10-15-3-5-16(6-4-15)20(21,22)23;2-1-3/h3-6,9,11-12H,7-8,10,13H2,1-2H3,(H,25,27);. The van der Waals surface area contributed by atoms with Gasteiger partial charge in [0.1, 0.15) is 0 Å². The van der Waals surface area contributed by atoms with Crippen LogP contribution in [0, 0.1) is 6.92 Å². The second-order valence-electron chi connectivity index (χ2n) is 7.46. The van der Waals surface area contributed by atoms with Gasteiger partial charge in [-0.2, -0.15) is 22.8 Å². The minimum Gasteiger partial charge on any atom is -0.368 e. The molecule has 1 unspecified atom stereocenters. The third-order valence-electron chi connectivity index (χ3n) is 4.79. The zero-order valence-corrected chi connectivity index (χ0v) is 16.6. The molecule has 0 radical (unpaired) electrons. The molecule has 1 saturated heterocycles. The summed E-state index contributed by atoms with van der Waals surface area (Å²) in [5.74, 6) is -0.193. The summed E-state index contributed by atoms with van der Waals surface area (Å²) in [5.41, 5.74) is 1.56. The number of carbonyl (C=O) groups is 1. The molecule has 0 saturated carbocycles. The van der Waals surface area contributed by atoms with Crippen molar-refractivity contribution in [2.75, 3.05) is 18.0 Å². The molecule has 2 heterocycles. The van der Waals surface area contributed by atoms with Crippen molar-refractivity contribution in [1.82, 2.24) is 10.3 Å². The number of nitrogens with one attached hydrogen (secondary N) is 1. The van der Waals surface area contributed by atoms with E-state index in [9.17, 15) is 18.0 Å². The molecule has 1 amide bonds. The topological polar surface area (TPSA) is 79.4 Å². The number of alkyl halides is 3. The fourth-order valence-electron chi connectivity index (χ4n) is 3.37. The van der Waals surface area contributed by atoms with Crippen molar-refractivity contribution in [1.29, 1.82) is 0 Å². The maximum atomic E-state index is 12.6. The summed E-state index contributed by atoms with van der Waals surface area (Å²) in [5, 5.41) is 3.04. The third-order valence-corrected chi connectivity index (χ3v) is 4.79. The Balaban J connectivity index is 0.00000101. The van der Waals surface area contributed by atoms with Crippen LogP contribution in [0.3, 0.4) is 0 Å². The number of hydrogen-bond donors (Lipinski definition) is 1. The summed E-state index contributed by atoms with van der Waals surface area (Å²) in [4.78, 5) is 35.0. The molecule has 6 nitrogen and oxygen atoms in total. The molecular weight excluding hydrogens is 399 g/mol. The van der Waals surface area contributed by atoms with Crippen LogP contribution < -0.4 is 10.2 Å². The van der Waals surface area contributed by atoms with Gasteiger partial charge in [0.25, 0.3) is 0 Å². The summed E-state index contributed by atoms with van der Waals surface area (Å²) in [6, 6.07) is 6.77. The Morgan fingerprint density at radius 3 is 2.43 bits per heavy atom. The fraction of sp³-hybridized carbons (Fsp3) is 0.381. The number of rotatable bonds is 4. The number of pyridine rings is 1. The van der Waals surface area contributed by atoms with Crippen molar-refractivity contribution < 1.29 is 27.6 Å². The SMILES string of the molecule is Cc1cncc(N2CCC(C)(NC(=O)Cc3ccc(C(F)(F)F)cc3)C2)c1.O=C=O. The highest BCUT2D eigenvalue weighted by Crippen LogP contribution is 2.29. The van der Waals surface area contributed by atoms with Crippen LogP contribution in [-0.4, -0.2) is 35.7 Å². The molecule has 1 aromatic heterocycles. The molecule has 0 aliphatic carbocycles. The summed E-state index contributed by atoms with van der Waals surface area (Å²) in [6.07, 6.45) is 0.332. The lowest BCUT2D eigenvalue weighted by molar-refractivity contribution is -0.191. The Morgan fingerprint density at radius 1 is 1.23 bits per heavy atom. The maximum absolute atomic E-state index is 12.6. The molecule has 0 bridgehead atoms. The van der Waals surface area contributed by atoms with Crippen LogP contribution in [0.1, 0.15) is 30.0 Å². The predicted octanol–water partition coefficient (Wildman–Crippen LogP) is 3.15. The highest BCUT2D eigenvalue weighted by molar-refractivity contribution is 5.79. The van der Waals surface area contributed by atoms with Crippen LogP contribution in [0.2, 0.25) is 0 Å². The Labute approximate surface area is 172 Å². The Hall–Kier alpha value is -3.19. The van der Waals surface area contributed by atoms with Crippen LogP contribution in [-0.2, 0) is 27.0 Å². The maximum Gasteiger partial charge on any atom is 0.416 e. The van der Waals surface area contributed by atoms with Crippen molar-refractivity contribution >= 4 is 17.7 Å². The molecule has 1 aliphatic heterocycles. The van der Waals surface area contributed by atoms with Gasteiger partial charge in [0, 0.05) is 19.3 Å². The van der Waals surface area contributed by atoms with Gasteiger partial charge in [0.05, 0.1) is 29.4 Å². The van der Waals surface area contributed by atoms with E-state index in [0.29, 0.717) is 12.1 Å². The molecular formula is C21H22F3N3O3. The van der Waals surface area contributed by atoms with Crippen LogP contribution in [0.25, 0.3) is 0 Å². The first-order chi connectivity index (χ1) is 14.1. The van der Waals surface area contributed by atoms with Gasteiger partial charge < -0.3 is 10.2 Å². The van der Waals surface area contributed by atoms with Crippen LogP contribution in [0.5, 0.6) is 0 Å². The first kappa shape index (κ1) is 23.1. The van der Waals surface area contributed by atoms with Gasteiger partial charge in [0.15, 0.2) is 0 Å². The first-order valence-electron chi connectivity index (χ1n) is 9.19. The van der Waals surface area contributed by atoms with E-state index in [4.69, 9.17) is 9.59 Å². The quantitative estimate of drug-likeness (QED) is 0.821. The summed E-state index contributed by atoms with van der Waals surface area (Å²) >= 11 is 0. The number of amides is 1. The van der Waals surface area contributed by atoms with Gasteiger partial charge in [-0.3, -0.25) is 9.78 Å². The first-order valence-corrected chi connectivity index (χ1v) is 9.19. The minimum absolute atomic E-state index is 0.0553. The number of hydrogen-bond acceptors (Lipinski definition) is 5. The van der Waals surface area contributed by atoms with Crippen molar-refractivity contribution in [3.8, 4) is 0 Å². The van der Waals surface area contributed by atoms with Crippen LogP contribution in [0.15, 0.2) is 42.7 Å². The number of anilines is 1. The number of nitrogens with zero attached hydrogens (tertiary/aromatic N) is 2. The van der Waals surface area contributed by atoms with Crippen molar-refractivity contribution in [3.63, 3.8) is 0 Å². The summed E-state index contributed by atoms with van der Waals surface area (Å²) in [7, 11) is 0. The molecule has 30 heavy (non-hydrogen) atoms. The number of halogens is 3. The molecule has 1 aromatic carbocycles. The summed E-state index contributed by atoms with van der Waals surface area (Å²) in [6.45, 7) is 5.44. The van der Waals surface area contributed by atoms with Gasteiger partial charge in [-0.25, -0.2) is 0 Å². The molecule has 1 N–H and O–H groups in total. The van der Waals surface area contributed by atoms with Crippen LogP contribution >= 0.6 is 0 Å². The normalized spacial score (nSPS) is 18.2. The number of aromatic nitrogens is 1. The van der Waals surface area contributed by atoms with Crippen LogP contribution in [0.4, 0.5) is 18.9 Å². The minimum atomic E-state index is -4.37. The van der Waals surface area contributed by atoms with E-state index in [2.05, 4.69) is 21.3 Å². The molecule has 0 spiro atoms. The fourth-order valence-corrected chi connectivity index (χ4v) is 3.37. The molecule has 3 rings (SSSR count). The van der Waals surface area contributed by atoms with E-state index in [1.165, 1.54) is 12.1 Å². The lowest BCUT2D eigenvalue weighted by Crippen LogP contribution is -2.48. The Morgan fingerprint density at radius 2 is 1.87 bits per heavy atom. The lowest BCUT2D eigenvalue weighted by Gasteiger charge is -2.27. The van der Waals surface area contributed by atoms with Gasteiger partial charge in [0.2, 0.25) is 5.91 Å². The molecule has 1 fully saturated rings. The van der Waals surface area contributed by atoms with E-state index >= 15 is 0 Å². The molecule has 160 valence electrons. The van der Waals surface area contributed by atoms with E-state index in [1.54, 1.807) is 6.20 Å². The monoisotopic (exact) mass is 421 g/mol. The predicted molar refractivity (Wildman–Crippen MR) is 103 cm³/mol. The third kappa shape index (κ3) is 6.42. The molecule has 1 aliphatic rings. The van der Waals surface area contributed by atoms with Crippen molar-refractivity contribution in [2.24, 2.45) is 0 Å². The Kier molecular flexibility index (Phi) is 7.34. The number of aryl methyl sites for hydroxylation is 1. The van der Waals surface area contributed by atoms with E-state index in [-0.39, 0.29) is 24.0 Å². The van der Waals surface area contributed by atoms with Crippen molar-refractivity contribution in [2.45, 2.75) is 38.4 Å². The van der Waals surface area contributed by atoms with E-state index < -0.39 is 11.7 Å². The lowest BCUT2D eigenvalue weighted by atomic mass is 10.0. The average molecular weight is 421 g/mol. The van der Waals surface area contributed by atoms with Crippen molar-refractivity contribution in [3.05, 3.63) is 59.4 Å². The van der Waals surface area contributed by atoms with Gasteiger partial charge in [-0.05, 0) is 49.6 Å². The van der Waals surface area contributed by atoms with E-state index in [0.717, 1.165) is 36.3 Å². The largest absolute Gasteiger partial charge is 0.416 e. The molecule has 9 heteroatoms. The highest BCUT2D eigenvalue weighted by Gasteiger charge is 2.35. The van der Waals surface area contributed by atoms with E-state index in [1.807, 2.05) is 20.0 Å². The highest BCUT2D eigenvalue weighted by atomic mass is 19.4. The van der Waals surface area contributed by atoms with Gasteiger partial charge in [-0.15, -0.1) is 0 Å². The summed E-state index contributed by atoms with van der Waals surface area (Å²) < 4.78 is 37.8. The second-order valence-corrected chi connectivity index (χ2v) is 7.46. The average Bonchev–Trinajstić information content (AvgIpc) is 3.03. The zero-order valence-electron chi connectivity index (χ0n) is 16.6. The smallest absolute Gasteiger partial charge is 0.368 e. The Bertz CT molecular complexity index is 910. The van der Waals surface area contributed by atoms with Gasteiger partial charge in [-0.1, -0.05) is 12.1 Å². The van der Waals surface area contributed by atoms with Gasteiger partial charge >= 0.3 is 12.3 Å². The number of carbonyl (C=O) groups excluding carboxylic acids is 3. The zero-order chi connectivity index (χ0) is 22.4. The molecule has 2 aromatic rings. The number of benzene rings is 1. The second kappa shape index (κ2) is 9.54. The molecule has 1 atom stereocenters.